The highest BCUT2D eigenvalue weighted by Gasteiger charge is 2.14. The zero-order valence-electron chi connectivity index (χ0n) is 5.83. The van der Waals surface area contributed by atoms with Gasteiger partial charge < -0.3 is 10.3 Å². The zero-order valence-corrected chi connectivity index (χ0v) is 6.64. The second-order valence-electron chi connectivity index (χ2n) is 1.77. The molecule has 0 aliphatic carbocycles. The number of hydrogen-bond donors (Lipinski definition) is 1. The van der Waals surface area contributed by atoms with E-state index in [9.17, 15) is 4.79 Å². The summed E-state index contributed by atoms with van der Waals surface area (Å²) in [6.07, 6.45) is 0. The van der Waals surface area contributed by atoms with Crippen molar-refractivity contribution in [2.24, 2.45) is 0 Å². The van der Waals surface area contributed by atoms with E-state index in [0.717, 1.165) is 0 Å². The van der Waals surface area contributed by atoms with E-state index in [2.05, 4.69) is 4.74 Å². The maximum Gasteiger partial charge on any atom is 0.354 e. The fourth-order valence-corrected chi connectivity index (χ4v) is 1.41. The molecular weight excluding hydrogens is 164 g/mol. The van der Waals surface area contributed by atoms with Crippen LogP contribution in [0.3, 0.4) is 0 Å². The molecule has 0 saturated heterocycles. The van der Waals surface area contributed by atoms with Crippen molar-refractivity contribution in [2.45, 2.75) is 0 Å². The summed E-state index contributed by atoms with van der Waals surface area (Å²) in [6, 6.07) is 1.59. The Morgan fingerprint density at radius 2 is 2.55 bits per heavy atom. The van der Waals surface area contributed by atoms with E-state index >= 15 is 0 Å². The third-order valence-corrected chi connectivity index (χ3v) is 2.05. The Morgan fingerprint density at radius 3 is 3.09 bits per heavy atom. The molecule has 0 aliphatic heterocycles. The molecule has 1 N–H and O–H groups in total. The summed E-state index contributed by atoms with van der Waals surface area (Å²) in [7, 11) is 1.29. The molecule has 0 saturated carbocycles. The minimum atomic E-state index is -0.448. The maximum absolute atomic E-state index is 10.9. The number of nitrogens with one attached hydrogen (secondary N) is 1. The molecule has 1 heterocycles. The summed E-state index contributed by atoms with van der Waals surface area (Å²) in [5.41, 5.74) is 8.88. The molecular formula is C6H6N2O2S. The van der Waals surface area contributed by atoms with Crippen LogP contribution in [0, 0.1) is 0 Å². The van der Waals surface area contributed by atoms with Crippen molar-refractivity contribution in [3.63, 3.8) is 0 Å². The van der Waals surface area contributed by atoms with Gasteiger partial charge in [0.25, 0.3) is 0 Å². The molecule has 5 heteroatoms. The molecule has 0 fully saturated rings. The lowest BCUT2D eigenvalue weighted by Crippen LogP contribution is -2.54. The van der Waals surface area contributed by atoms with Crippen molar-refractivity contribution in [2.75, 3.05) is 7.11 Å². The Labute approximate surface area is 67.3 Å². The predicted molar refractivity (Wildman–Crippen MR) is 39.6 cm³/mol. The van der Waals surface area contributed by atoms with Gasteiger partial charge in [-0.25, -0.2) is 4.79 Å². The summed E-state index contributed by atoms with van der Waals surface area (Å²) >= 11 is 1.21. The van der Waals surface area contributed by atoms with Crippen molar-refractivity contribution in [1.29, 1.82) is 0 Å². The van der Waals surface area contributed by atoms with Gasteiger partial charge in [-0.2, -0.15) is 0 Å². The smallest absolute Gasteiger partial charge is 0.354 e. The molecule has 0 spiro atoms. The highest BCUT2D eigenvalue weighted by molar-refractivity contribution is 7.12. The van der Waals surface area contributed by atoms with Crippen LogP contribution in [-0.4, -0.2) is 13.1 Å². The van der Waals surface area contributed by atoms with Crippen molar-refractivity contribution >= 4 is 23.0 Å². The highest BCUT2D eigenvalue weighted by Crippen LogP contribution is 2.17. The van der Waals surface area contributed by atoms with Gasteiger partial charge in [0, 0.05) is 6.07 Å². The average Bonchev–Trinajstić information content (AvgIpc) is 2.50. The molecule has 58 valence electrons. The lowest BCUT2D eigenvalue weighted by Gasteiger charge is -1.92. The average molecular weight is 170 g/mol. The number of thiophene rings is 1. The third-order valence-electron chi connectivity index (χ3n) is 1.16. The van der Waals surface area contributed by atoms with Crippen molar-refractivity contribution < 1.29 is 14.6 Å². The fraction of sp³-hybridized carbons (Fsp3) is 0.167. The Balaban J connectivity index is 3.01. The summed E-state index contributed by atoms with van der Waals surface area (Å²) in [5, 5.41) is 3.59. The Hall–Kier alpha value is -1.23. The minimum absolute atomic E-state index is 0.370. The van der Waals surface area contributed by atoms with Gasteiger partial charge in [-0.05, 0) is 5.38 Å². The lowest BCUT2D eigenvalue weighted by molar-refractivity contribution is -0.379. The number of hydrogen-bond acceptors (Lipinski definition) is 3. The van der Waals surface area contributed by atoms with Crippen LogP contribution in [0.2, 0.25) is 0 Å². The topological polar surface area (TPSA) is 62.6 Å². The maximum atomic E-state index is 10.9. The van der Waals surface area contributed by atoms with Crippen molar-refractivity contribution in [3.05, 3.63) is 21.9 Å². The Morgan fingerprint density at radius 1 is 1.82 bits per heavy atom. The number of nitrogens with zero attached hydrogens (tertiary/aromatic N) is 1. The van der Waals surface area contributed by atoms with Gasteiger partial charge in [0.15, 0.2) is 4.88 Å². The number of carbonyl (C=O) groups excluding carboxylic acids is 1. The minimum Gasteiger partial charge on any atom is -0.502 e. The summed E-state index contributed by atoms with van der Waals surface area (Å²) in [5.74, 6) is -0.448. The molecule has 0 bridgehead atoms. The van der Waals surface area contributed by atoms with Gasteiger partial charge in [0.05, 0.1) is 7.11 Å². The second kappa shape index (κ2) is 3.25. The monoisotopic (exact) mass is 170 g/mol. The molecule has 4 nitrogen and oxygen atoms in total. The van der Waals surface area contributed by atoms with Gasteiger partial charge >= 0.3 is 5.97 Å². The SMILES string of the molecule is COC(=O)c1sccc1[NH+]=[N-]. The van der Waals surface area contributed by atoms with Gasteiger partial charge in [0.2, 0.25) is 5.69 Å². The number of methoxy groups -OCH3 is 1. The molecule has 0 unspecified atom stereocenters. The van der Waals surface area contributed by atoms with Crippen LogP contribution in [0.1, 0.15) is 9.67 Å². The van der Waals surface area contributed by atoms with Crippen LogP contribution in [0.25, 0.3) is 5.53 Å². The van der Waals surface area contributed by atoms with Gasteiger partial charge in [-0.3, -0.25) is 5.11 Å². The highest BCUT2D eigenvalue weighted by atomic mass is 32.1. The van der Waals surface area contributed by atoms with E-state index < -0.39 is 5.97 Å². The van der Waals surface area contributed by atoms with Crippen LogP contribution in [0.5, 0.6) is 0 Å². The molecule has 1 aromatic heterocycles. The van der Waals surface area contributed by atoms with E-state index in [1.165, 1.54) is 18.4 Å². The summed E-state index contributed by atoms with van der Waals surface area (Å²) < 4.78 is 4.46. The summed E-state index contributed by atoms with van der Waals surface area (Å²) in [4.78, 5) is 11.3. The molecule has 11 heavy (non-hydrogen) atoms. The van der Waals surface area contributed by atoms with E-state index in [-0.39, 0.29) is 0 Å². The number of carbonyl (C=O) groups is 1. The van der Waals surface area contributed by atoms with E-state index in [4.69, 9.17) is 5.53 Å². The van der Waals surface area contributed by atoms with Crippen LogP contribution < -0.4 is 5.11 Å². The molecule has 0 amide bonds. The molecule has 0 atom stereocenters. The molecule has 1 aromatic rings. The number of esters is 1. The van der Waals surface area contributed by atoms with Crippen molar-refractivity contribution in [3.8, 4) is 0 Å². The summed E-state index contributed by atoms with van der Waals surface area (Å²) in [6.45, 7) is 0. The number of rotatable bonds is 2. The largest absolute Gasteiger partial charge is 0.502 e. The Bertz CT molecular complexity index is 282. The van der Waals surface area contributed by atoms with Gasteiger partial charge in [-0.1, -0.05) is 0 Å². The normalized spacial score (nSPS) is 9.18. The fourth-order valence-electron chi connectivity index (χ4n) is 0.648. The standard InChI is InChI=1S/C6H6N2O2S/c1-10-6(9)5-4(8-7)2-3-11-5/h2-3,8H,1H3. The first-order chi connectivity index (χ1) is 5.29. The second-order valence-corrected chi connectivity index (χ2v) is 2.68. The first-order valence-corrected chi connectivity index (χ1v) is 3.73. The van der Waals surface area contributed by atoms with Crippen LogP contribution in [0.4, 0.5) is 5.69 Å². The molecule has 1 rings (SSSR count). The van der Waals surface area contributed by atoms with Crippen LogP contribution in [0.15, 0.2) is 11.4 Å². The molecule has 0 radical (unpaired) electrons. The third kappa shape index (κ3) is 1.43. The zero-order chi connectivity index (χ0) is 8.27. The lowest BCUT2D eigenvalue weighted by atomic mass is 10.4. The van der Waals surface area contributed by atoms with Crippen molar-refractivity contribution in [1.82, 2.24) is 0 Å². The van der Waals surface area contributed by atoms with Crippen LogP contribution >= 0.6 is 11.3 Å². The molecule has 0 aliphatic rings. The number of ether oxygens (including phenoxy) is 1. The van der Waals surface area contributed by atoms with Gasteiger partial charge in [0.1, 0.15) is 0 Å². The first-order valence-electron chi connectivity index (χ1n) is 2.85. The predicted octanol–water partition coefficient (Wildman–Crippen LogP) is 0.268. The van der Waals surface area contributed by atoms with Gasteiger partial charge in [-0.15, -0.1) is 11.3 Å². The quantitative estimate of drug-likeness (QED) is 0.511. The Kier molecular flexibility index (Phi) is 2.32. The van der Waals surface area contributed by atoms with E-state index in [1.807, 2.05) is 5.11 Å². The van der Waals surface area contributed by atoms with E-state index in [1.54, 1.807) is 11.4 Å². The first kappa shape index (κ1) is 7.87. The van der Waals surface area contributed by atoms with E-state index in [0.29, 0.717) is 10.6 Å². The van der Waals surface area contributed by atoms with Crippen LogP contribution in [-0.2, 0) is 4.74 Å². The molecule has 0 aromatic carbocycles.